The molecule has 4 aromatic rings. The van der Waals surface area contributed by atoms with Gasteiger partial charge < -0.3 is 5.73 Å². The maximum absolute atomic E-state index is 6.24. The van der Waals surface area contributed by atoms with Gasteiger partial charge in [-0.15, -0.1) is 0 Å². The highest BCUT2D eigenvalue weighted by Crippen LogP contribution is 2.36. The van der Waals surface area contributed by atoms with Gasteiger partial charge in [-0.3, -0.25) is 4.40 Å². The van der Waals surface area contributed by atoms with E-state index in [4.69, 9.17) is 10.7 Å². The molecule has 2 heterocycles. The number of nitrogens with two attached hydrogens (primary N) is 1. The van der Waals surface area contributed by atoms with Crippen LogP contribution in [0.1, 0.15) is 29.3 Å². The molecule has 2 aromatic heterocycles. The van der Waals surface area contributed by atoms with Gasteiger partial charge in [0, 0.05) is 23.9 Å². The molecule has 0 amide bonds. The molecule has 4 nitrogen and oxygen atoms in total. The van der Waals surface area contributed by atoms with Gasteiger partial charge in [0.05, 0.1) is 0 Å². The summed E-state index contributed by atoms with van der Waals surface area (Å²) in [4.78, 5) is 9.36. The van der Waals surface area contributed by atoms with Gasteiger partial charge >= 0.3 is 0 Å². The number of aromatic nitrogens is 3. The summed E-state index contributed by atoms with van der Waals surface area (Å²) < 4.78 is 2.14. The van der Waals surface area contributed by atoms with Gasteiger partial charge in [-0.1, -0.05) is 54.6 Å². The van der Waals surface area contributed by atoms with Crippen LogP contribution in [0.15, 0.2) is 67.0 Å². The number of nitrogen functional groups attached to an aromatic ring is 1. The third-order valence-electron chi connectivity index (χ3n) is 5.37. The van der Waals surface area contributed by atoms with Gasteiger partial charge in [-0.25, -0.2) is 9.97 Å². The van der Waals surface area contributed by atoms with Crippen molar-refractivity contribution >= 4 is 11.3 Å². The number of anilines is 1. The highest BCUT2D eigenvalue weighted by atomic mass is 15.1. The van der Waals surface area contributed by atoms with E-state index in [-0.39, 0.29) is 0 Å². The van der Waals surface area contributed by atoms with Crippen LogP contribution in [0.3, 0.4) is 0 Å². The molecule has 0 saturated heterocycles. The first-order valence-electron chi connectivity index (χ1n) is 9.06. The molecule has 4 heteroatoms. The Hall–Kier alpha value is -3.14. The molecule has 2 aromatic carbocycles. The Balaban J connectivity index is 1.67. The van der Waals surface area contributed by atoms with Crippen molar-refractivity contribution in [1.29, 1.82) is 0 Å². The highest BCUT2D eigenvalue weighted by Gasteiger charge is 2.26. The van der Waals surface area contributed by atoms with Crippen molar-refractivity contribution in [3.63, 3.8) is 0 Å². The minimum absolute atomic E-state index is 0.386. The zero-order valence-corrected chi connectivity index (χ0v) is 14.5. The molecular formula is C22H20N4. The first-order valence-corrected chi connectivity index (χ1v) is 9.06. The lowest BCUT2D eigenvalue weighted by Crippen LogP contribution is -2.15. The van der Waals surface area contributed by atoms with Crippen LogP contribution in [-0.4, -0.2) is 14.4 Å². The SMILES string of the molecule is Nc1nccn2c(C3CCc4ccccc4C3)nc(-c3ccccc3)c12. The van der Waals surface area contributed by atoms with Gasteiger partial charge in [-0.05, 0) is 30.4 Å². The summed E-state index contributed by atoms with van der Waals surface area (Å²) in [6, 6.07) is 19.0. The Morgan fingerprint density at radius 2 is 1.73 bits per heavy atom. The van der Waals surface area contributed by atoms with Crippen LogP contribution >= 0.6 is 0 Å². The summed E-state index contributed by atoms with van der Waals surface area (Å²) >= 11 is 0. The second-order valence-electron chi connectivity index (χ2n) is 6.92. The van der Waals surface area contributed by atoms with Gasteiger partial charge in [0.25, 0.3) is 0 Å². The molecule has 26 heavy (non-hydrogen) atoms. The first kappa shape index (κ1) is 15.1. The lowest BCUT2D eigenvalue weighted by atomic mass is 9.83. The van der Waals surface area contributed by atoms with E-state index in [9.17, 15) is 0 Å². The molecule has 0 aliphatic heterocycles. The minimum Gasteiger partial charge on any atom is -0.382 e. The van der Waals surface area contributed by atoms with Gasteiger partial charge in [0.2, 0.25) is 0 Å². The molecule has 1 aliphatic carbocycles. The number of fused-ring (bicyclic) bond motifs is 2. The van der Waals surface area contributed by atoms with Crippen LogP contribution in [0.25, 0.3) is 16.8 Å². The molecule has 1 unspecified atom stereocenters. The van der Waals surface area contributed by atoms with Crippen molar-refractivity contribution in [3.05, 3.63) is 83.9 Å². The number of benzene rings is 2. The maximum atomic E-state index is 6.24. The Labute approximate surface area is 152 Å². The molecule has 5 rings (SSSR count). The molecule has 2 N–H and O–H groups in total. The lowest BCUT2D eigenvalue weighted by molar-refractivity contribution is 0.553. The second-order valence-corrected chi connectivity index (χ2v) is 6.92. The first-order chi connectivity index (χ1) is 12.8. The average molecular weight is 340 g/mol. The topological polar surface area (TPSA) is 56.2 Å². The van der Waals surface area contributed by atoms with Crippen molar-refractivity contribution in [2.75, 3.05) is 5.73 Å². The van der Waals surface area contributed by atoms with Crippen LogP contribution in [0, 0.1) is 0 Å². The number of imidazole rings is 1. The molecule has 0 fully saturated rings. The fourth-order valence-corrected chi connectivity index (χ4v) is 4.09. The van der Waals surface area contributed by atoms with E-state index in [0.717, 1.165) is 41.9 Å². The van der Waals surface area contributed by atoms with Crippen molar-refractivity contribution in [2.45, 2.75) is 25.2 Å². The fourth-order valence-electron chi connectivity index (χ4n) is 4.09. The van der Waals surface area contributed by atoms with Crippen LogP contribution in [0.2, 0.25) is 0 Å². The van der Waals surface area contributed by atoms with Gasteiger partial charge in [-0.2, -0.15) is 0 Å². The van der Waals surface area contributed by atoms with Crippen LogP contribution in [0.4, 0.5) is 5.82 Å². The summed E-state index contributed by atoms with van der Waals surface area (Å²) in [5.41, 5.74) is 12.0. The summed E-state index contributed by atoms with van der Waals surface area (Å²) in [5, 5.41) is 0. The molecule has 0 bridgehead atoms. The number of rotatable bonds is 2. The van der Waals surface area contributed by atoms with E-state index >= 15 is 0 Å². The molecule has 0 saturated carbocycles. The van der Waals surface area contributed by atoms with E-state index in [1.807, 2.05) is 24.4 Å². The molecule has 0 spiro atoms. The standard InChI is InChI=1S/C22H20N4/c23-21-20-19(16-7-2-1-3-8-16)25-22(26(20)13-12-24-21)18-11-10-15-6-4-5-9-17(15)14-18/h1-9,12-13,18H,10-11,14H2,(H2,23,24). The molecule has 1 aliphatic rings. The van der Waals surface area contributed by atoms with Gasteiger partial charge in [0.15, 0.2) is 0 Å². The molecule has 128 valence electrons. The summed E-state index contributed by atoms with van der Waals surface area (Å²) in [5.74, 6) is 2.00. The third kappa shape index (κ3) is 2.37. The van der Waals surface area contributed by atoms with E-state index in [1.54, 1.807) is 6.20 Å². The normalized spacial score (nSPS) is 16.5. The Kier molecular flexibility index (Phi) is 3.49. The largest absolute Gasteiger partial charge is 0.382 e. The number of hydrogen-bond acceptors (Lipinski definition) is 3. The third-order valence-corrected chi connectivity index (χ3v) is 5.37. The quantitative estimate of drug-likeness (QED) is 0.593. The van der Waals surface area contributed by atoms with Crippen molar-refractivity contribution < 1.29 is 0 Å². The molecular weight excluding hydrogens is 320 g/mol. The Morgan fingerprint density at radius 3 is 2.58 bits per heavy atom. The summed E-state index contributed by atoms with van der Waals surface area (Å²) in [6.07, 6.45) is 6.97. The molecule has 0 radical (unpaired) electrons. The molecule has 1 atom stereocenters. The van der Waals surface area contributed by atoms with Crippen molar-refractivity contribution in [1.82, 2.24) is 14.4 Å². The number of nitrogens with zero attached hydrogens (tertiary/aromatic N) is 3. The Morgan fingerprint density at radius 1 is 0.962 bits per heavy atom. The van der Waals surface area contributed by atoms with Crippen LogP contribution in [-0.2, 0) is 12.8 Å². The lowest BCUT2D eigenvalue weighted by Gasteiger charge is -2.23. The zero-order chi connectivity index (χ0) is 17.5. The predicted molar refractivity (Wildman–Crippen MR) is 104 cm³/mol. The second kappa shape index (κ2) is 5.99. The van der Waals surface area contributed by atoms with E-state index < -0.39 is 0 Å². The van der Waals surface area contributed by atoms with E-state index in [1.165, 1.54) is 11.1 Å². The van der Waals surface area contributed by atoms with Crippen LogP contribution in [0.5, 0.6) is 0 Å². The van der Waals surface area contributed by atoms with E-state index in [0.29, 0.717) is 11.7 Å². The zero-order valence-electron chi connectivity index (χ0n) is 14.5. The van der Waals surface area contributed by atoms with Crippen molar-refractivity contribution in [2.24, 2.45) is 0 Å². The number of aryl methyl sites for hydroxylation is 1. The minimum atomic E-state index is 0.386. The number of hydrogen-bond donors (Lipinski definition) is 1. The van der Waals surface area contributed by atoms with Crippen molar-refractivity contribution in [3.8, 4) is 11.3 Å². The van der Waals surface area contributed by atoms with Gasteiger partial charge in [0.1, 0.15) is 22.9 Å². The highest BCUT2D eigenvalue weighted by molar-refractivity contribution is 5.85. The van der Waals surface area contributed by atoms with Crippen LogP contribution < -0.4 is 5.73 Å². The predicted octanol–water partition coefficient (Wildman–Crippen LogP) is 4.25. The maximum Gasteiger partial charge on any atom is 0.150 e. The summed E-state index contributed by atoms with van der Waals surface area (Å²) in [6.45, 7) is 0. The van der Waals surface area contributed by atoms with E-state index in [2.05, 4.69) is 45.8 Å². The average Bonchev–Trinajstić information content (AvgIpc) is 3.09. The summed E-state index contributed by atoms with van der Waals surface area (Å²) in [7, 11) is 0. The smallest absolute Gasteiger partial charge is 0.150 e. The monoisotopic (exact) mass is 340 g/mol. The Bertz CT molecular complexity index is 1080. The fraction of sp³-hybridized carbons (Fsp3) is 0.182.